The SMILES string of the molecule is Cc1cccc(NC(=O)CCN2C(=O)C3C(C2=O)[C@@H]2C[C@H]3C3Sc4[nH]c(=O)sc4C=C32)c1. The van der Waals surface area contributed by atoms with Gasteiger partial charge in [0.1, 0.15) is 0 Å². The number of benzene rings is 1. The van der Waals surface area contributed by atoms with Crippen molar-refractivity contribution in [2.75, 3.05) is 11.9 Å². The Labute approximate surface area is 192 Å². The second-order valence-corrected chi connectivity index (χ2v) is 11.1. The molecule has 32 heavy (non-hydrogen) atoms. The first-order chi connectivity index (χ1) is 15.4. The van der Waals surface area contributed by atoms with Gasteiger partial charge in [0.05, 0.1) is 21.7 Å². The molecule has 2 aliphatic carbocycles. The van der Waals surface area contributed by atoms with Crippen LogP contribution < -0.4 is 10.2 Å². The van der Waals surface area contributed by atoms with Crippen molar-refractivity contribution < 1.29 is 14.4 Å². The van der Waals surface area contributed by atoms with Crippen LogP contribution in [0.15, 0.2) is 39.7 Å². The Bertz CT molecular complexity index is 1260. The molecule has 2 saturated carbocycles. The fraction of sp³-hybridized carbons (Fsp3) is 0.391. The van der Waals surface area contributed by atoms with Crippen LogP contribution in [0.5, 0.6) is 0 Å². The predicted octanol–water partition coefficient (Wildman–Crippen LogP) is 2.88. The lowest BCUT2D eigenvalue weighted by Crippen LogP contribution is -2.35. The topological polar surface area (TPSA) is 99.3 Å². The molecule has 5 atom stereocenters. The number of carbonyl (C=O) groups is 3. The Morgan fingerprint density at radius 3 is 2.84 bits per heavy atom. The van der Waals surface area contributed by atoms with Crippen molar-refractivity contribution in [1.82, 2.24) is 9.88 Å². The van der Waals surface area contributed by atoms with Crippen molar-refractivity contribution in [2.45, 2.75) is 30.0 Å². The zero-order chi connectivity index (χ0) is 22.1. The highest BCUT2D eigenvalue weighted by molar-refractivity contribution is 8.00. The van der Waals surface area contributed by atoms with Crippen molar-refractivity contribution in [2.24, 2.45) is 23.7 Å². The van der Waals surface area contributed by atoms with E-state index in [-0.39, 0.29) is 64.5 Å². The molecule has 1 saturated heterocycles. The number of aromatic amines is 1. The quantitative estimate of drug-likeness (QED) is 0.674. The number of anilines is 1. The van der Waals surface area contributed by atoms with E-state index in [2.05, 4.69) is 16.4 Å². The lowest BCUT2D eigenvalue weighted by molar-refractivity contribution is -0.140. The third kappa shape index (κ3) is 2.94. The van der Waals surface area contributed by atoms with Gasteiger partial charge in [0.2, 0.25) is 17.7 Å². The number of hydrogen-bond donors (Lipinski definition) is 2. The summed E-state index contributed by atoms with van der Waals surface area (Å²) in [7, 11) is 0. The van der Waals surface area contributed by atoms with E-state index in [0.29, 0.717) is 5.69 Å². The van der Waals surface area contributed by atoms with Crippen LogP contribution in [0.1, 0.15) is 23.3 Å². The van der Waals surface area contributed by atoms with E-state index in [0.717, 1.165) is 21.9 Å². The summed E-state index contributed by atoms with van der Waals surface area (Å²) in [5, 5.41) is 3.85. The number of thioether (sulfide) groups is 1. The Morgan fingerprint density at radius 2 is 2.03 bits per heavy atom. The number of amides is 3. The Balaban J connectivity index is 1.17. The van der Waals surface area contributed by atoms with Crippen LogP contribution >= 0.6 is 23.1 Å². The number of likely N-dealkylation sites (tertiary alicyclic amines) is 1. The highest BCUT2D eigenvalue weighted by Crippen LogP contribution is 2.64. The van der Waals surface area contributed by atoms with Crippen molar-refractivity contribution >= 4 is 52.6 Å². The number of H-pyrrole nitrogens is 1. The van der Waals surface area contributed by atoms with E-state index in [4.69, 9.17) is 0 Å². The maximum absolute atomic E-state index is 13.2. The Morgan fingerprint density at radius 1 is 1.22 bits per heavy atom. The predicted molar refractivity (Wildman–Crippen MR) is 122 cm³/mol. The summed E-state index contributed by atoms with van der Waals surface area (Å²) in [5.74, 6) is -0.984. The first-order valence-electron chi connectivity index (χ1n) is 10.7. The van der Waals surface area contributed by atoms with Gasteiger partial charge in [0.25, 0.3) is 0 Å². The molecule has 2 aromatic rings. The van der Waals surface area contributed by atoms with E-state index >= 15 is 0 Å². The van der Waals surface area contributed by atoms with Gasteiger partial charge < -0.3 is 10.3 Å². The number of thiazole rings is 1. The Hall–Kier alpha value is -2.65. The molecule has 1 aromatic heterocycles. The summed E-state index contributed by atoms with van der Waals surface area (Å²) in [4.78, 5) is 55.6. The molecule has 3 amide bonds. The molecule has 6 rings (SSSR count). The number of rotatable bonds is 4. The molecule has 2 aliphatic heterocycles. The number of aryl methyl sites for hydroxylation is 1. The smallest absolute Gasteiger partial charge is 0.305 e. The first kappa shape index (κ1) is 20.0. The fourth-order valence-corrected chi connectivity index (χ4v) is 8.30. The van der Waals surface area contributed by atoms with E-state index in [9.17, 15) is 19.2 Å². The van der Waals surface area contributed by atoms with Crippen molar-refractivity contribution in [3.63, 3.8) is 0 Å². The monoisotopic (exact) mass is 467 g/mol. The number of hydrogen-bond acceptors (Lipinski definition) is 6. The minimum atomic E-state index is -0.326. The van der Waals surface area contributed by atoms with Crippen LogP contribution in [0.25, 0.3) is 6.08 Å². The standard InChI is InChI=1S/C23H21N3O4S2/c1-10-3-2-4-11(7-10)24-16(27)5-6-26-21(28)17-12-8-14(18(17)22(26)29)19-13(12)9-15-20(32-19)25-23(30)31-15/h2-4,7,9,12,14,17-19H,5-6,8H2,1H3,(H,24,27)(H,25,30)/t12-,14-,17?,18?,19?/m1/s1. The maximum atomic E-state index is 13.2. The van der Waals surface area contributed by atoms with E-state index in [1.807, 2.05) is 31.2 Å². The molecule has 7 nitrogen and oxygen atoms in total. The molecule has 0 radical (unpaired) electrons. The largest absolute Gasteiger partial charge is 0.326 e. The summed E-state index contributed by atoms with van der Waals surface area (Å²) >= 11 is 2.82. The summed E-state index contributed by atoms with van der Waals surface area (Å²) < 4.78 is 0. The van der Waals surface area contributed by atoms with Gasteiger partial charge in [-0.05, 0) is 49.0 Å². The molecule has 3 heterocycles. The normalized spacial score (nSPS) is 29.6. The van der Waals surface area contributed by atoms with Crippen LogP contribution in [0, 0.1) is 30.6 Å². The van der Waals surface area contributed by atoms with Crippen LogP contribution in [0.2, 0.25) is 0 Å². The number of aromatic nitrogens is 1. The van der Waals surface area contributed by atoms with E-state index in [1.54, 1.807) is 11.8 Å². The minimum Gasteiger partial charge on any atom is -0.326 e. The third-order valence-electron chi connectivity index (χ3n) is 7.10. The second kappa shape index (κ2) is 7.18. The summed E-state index contributed by atoms with van der Waals surface area (Å²) in [6, 6.07) is 7.52. The molecule has 9 heteroatoms. The number of fused-ring (bicyclic) bond motifs is 9. The molecule has 3 fully saturated rings. The number of nitrogens with one attached hydrogen (secondary N) is 2. The minimum absolute atomic E-state index is 0.0513. The van der Waals surface area contributed by atoms with Crippen LogP contribution in [0.4, 0.5) is 5.69 Å². The van der Waals surface area contributed by atoms with Crippen molar-refractivity contribution in [1.29, 1.82) is 0 Å². The molecular formula is C23H21N3O4S2. The molecule has 3 unspecified atom stereocenters. The number of imide groups is 1. The summed E-state index contributed by atoms with van der Waals surface area (Å²) in [5.41, 5.74) is 2.95. The molecule has 164 valence electrons. The Kier molecular flexibility index (Phi) is 4.49. The summed E-state index contributed by atoms with van der Waals surface area (Å²) in [6.45, 7) is 2.06. The molecule has 1 aromatic carbocycles. The van der Waals surface area contributed by atoms with Gasteiger partial charge in [-0.2, -0.15) is 0 Å². The highest BCUT2D eigenvalue weighted by Gasteiger charge is 2.66. The van der Waals surface area contributed by atoms with E-state index in [1.165, 1.54) is 21.8 Å². The van der Waals surface area contributed by atoms with Crippen LogP contribution in [-0.2, 0) is 14.4 Å². The molecule has 2 bridgehead atoms. The van der Waals surface area contributed by atoms with Gasteiger partial charge in [0.15, 0.2) is 0 Å². The number of nitrogens with zero attached hydrogens (tertiary/aromatic N) is 1. The zero-order valence-corrected chi connectivity index (χ0v) is 18.9. The molecule has 4 aliphatic rings. The zero-order valence-electron chi connectivity index (χ0n) is 17.3. The van der Waals surface area contributed by atoms with E-state index < -0.39 is 0 Å². The highest BCUT2D eigenvalue weighted by atomic mass is 32.2. The third-order valence-corrected chi connectivity index (χ3v) is 9.50. The van der Waals surface area contributed by atoms with Crippen LogP contribution in [0.3, 0.4) is 0 Å². The average Bonchev–Trinajstić information content (AvgIpc) is 3.46. The van der Waals surface area contributed by atoms with Gasteiger partial charge in [0, 0.05) is 23.9 Å². The lowest BCUT2D eigenvalue weighted by Gasteiger charge is -2.32. The summed E-state index contributed by atoms with van der Waals surface area (Å²) in [6.07, 6.45) is 2.99. The van der Waals surface area contributed by atoms with Crippen molar-refractivity contribution in [3.05, 3.63) is 49.9 Å². The van der Waals surface area contributed by atoms with Crippen LogP contribution in [-0.4, -0.2) is 39.4 Å². The van der Waals surface area contributed by atoms with Gasteiger partial charge in [-0.25, -0.2) is 0 Å². The molecular weight excluding hydrogens is 446 g/mol. The van der Waals surface area contributed by atoms with Crippen molar-refractivity contribution in [3.8, 4) is 0 Å². The maximum Gasteiger partial charge on any atom is 0.305 e. The average molecular weight is 468 g/mol. The van der Waals surface area contributed by atoms with Gasteiger partial charge in [-0.3, -0.25) is 24.1 Å². The van der Waals surface area contributed by atoms with Gasteiger partial charge >= 0.3 is 4.87 Å². The lowest BCUT2D eigenvalue weighted by atomic mass is 9.77. The van der Waals surface area contributed by atoms with Gasteiger partial charge in [-0.1, -0.05) is 40.8 Å². The molecule has 2 N–H and O–H groups in total. The fourth-order valence-electron chi connectivity index (χ4n) is 5.86. The van der Waals surface area contributed by atoms with Gasteiger partial charge in [-0.15, -0.1) is 0 Å². The molecule has 0 spiro atoms. The second-order valence-electron chi connectivity index (χ2n) is 8.94. The first-order valence-corrected chi connectivity index (χ1v) is 12.4. The number of carbonyl (C=O) groups excluding carboxylic acids is 3.